The van der Waals surface area contributed by atoms with Crippen LogP contribution < -0.4 is 4.74 Å². The summed E-state index contributed by atoms with van der Waals surface area (Å²) in [7, 11) is 0. The molecule has 2 N–H and O–H groups in total. The number of ether oxygens (including phenoxy) is 1. The van der Waals surface area contributed by atoms with E-state index in [1.54, 1.807) is 0 Å². The molecule has 10 heteroatoms. The van der Waals surface area contributed by atoms with Gasteiger partial charge in [0, 0.05) is 58.8 Å². The van der Waals surface area contributed by atoms with Crippen molar-refractivity contribution in [2.45, 2.75) is 33.8 Å². The van der Waals surface area contributed by atoms with Crippen molar-refractivity contribution in [2.75, 3.05) is 0 Å². The minimum atomic E-state index is 0. The topological polar surface area (TPSA) is 118 Å². The number of hydrogen-bond donors (Lipinski definition) is 2. The van der Waals surface area contributed by atoms with E-state index >= 15 is 0 Å². The number of benzene rings is 4. The van der Waals surface area contributed by atoms with E-state index in [1.165, 1.54) is 0 Å². The Morgan fingerprint density at radius 2 is 0.837 bits per heavy atom. The molecule has 9 rings (SSSR count). The molecule has 0 saturated heterocycles. The maximum absolute atomic E-state index is 6.78. The standard InChI is InChI=1S/C39H32N8O.Pd/c1-20(2)31(21(3)4)48-29-19-11-18-28-30(29)39-46-37-27-17-10-9-16-26(27)35(44-37)42-33-23-13-6-5-12-22(23)32(40-33)41-34-24-14-7-8-15-25(24)36(43-34)45-38(28)47-39;/h5-21,31H,1-4H3,(H2,40,41,42,43,44,45,46,47);. The minimum Gasteiger partial charge on any atom is -0.489 e. The predicted octanol–water partition coefficient (Wildman–Crippen LogP) is 8.93. The van der Waals surface area contributed by atoms with Gasteiger partial charge in [-0.05, 0) is 17.9 Å². The summed E-state index contributed by atoms with van der Waals surface area (Å²) in [6.07, 6.45) is 0.00816. The van der Waals surface area contributed by atoms with Gasteiger partial charge < -0.3 is 14.7 Å². The Morgan fingerprint density at radius 3 is 1.31 bits per heavy atom. The molecule has 3 aromatic heterocycles. The van der Waals surface area contributed by atoms with Crippen molar-refractivity contribution < 1.29 is 25.2 Å². The van der Waals surface area contributed by atoms with E-state index in [0.717, 1.165) is 49.5 Å². The van der Waals surface area contributed by atoms with Gasteiger partial charge in [-0.3, -0.25) is 0 Å². The van der Waals surface area contributed by atoms with Crippen LogP contribution in [-0.4, -0.2) is 46.0 Å². The minimum absolute atomic E-state index is 0. The molecule has 7 aromatic rings. The zero-order chi connectivity index (χ0) is 32.5. The summed E-state index contributed by atoms with van der Waals surface area (Å²) in [6.45, 7) is 8.76. The largest absolute Gasteiger partial charge is 0.489 e. The summed E-state index contributed by atoms with van der Waals surface area (Å²) < 4.78 is 6.78. The number of H-pyrrole nitrogens is 2. The molecule has 2 aliphatic rings. The number of hydrogen-bond acceptors (Lipinski definition) is 7. The molecule has 0 atom stereocenters. The summed E-state index contributed by atoms with van der Waals surface area (Å²) in [5.74, 6) is 3.66. The van der Waals surface area contributed by atoms with E-state index < -0.39 is 0 Å². The smallest absolute Gasteiger partial charge is 0.164 e. The molecule has 5 heterocycles. The van der Waals surface area contributed by atoms with Crippen molar-refractivity contribution >= 4 is 44.1 Å². The molecule has 244 valence electrons. The molecule has 8 bridgehead atoms. The van der Waals surface area contributed by atoms with Gasteiger partial charge in [0.05, 0.1) is 5.39 Å². The zero-order valence-electron chi connectivity index (χ0n) is 27.3. The Balaban J connectivity index is 0.00000348. The molecule has 0 fully saturated rings. The Bertz CT molecular complexity index is 2580. The van der Waals surface area contributed by atoms with Crippen LogP contribution in [0.3, 0.4) is 0 Å². The SMILES string of the molecule is CC(C)C(Oc1cccc2c3nc4nc(nc5[nH]c(nc6nc(nc([nH]3)c12)-c1ccccc1-6)c1ccccc51)-c1ccccc1-4)C(C)C.[Pd]. The third kappa shape index (κ3) is 5.11. The van der Waals surface area contributed by atoms with Gasteiger partial charge in [-0.1, -0.05) is 113 Å². The van der Waals surface area contributed by atoms with Crippen molar-refractivity contribution in [2.24, 2.45) is 11.8 Å². The Morgan fingerprint density at radius 1 is 0.449 bits per heavy atom. The molecule has 0 aliphatic carbocycles. The molecule has 0 amide bonds. The third-order valence-electron chi connectivity index (χ3n) is 9.12. The molecule has 0 radical (unpaired) electrons. The zero-order valence-corrected chi connectivity index (χ0v) is 28.9. The van der Waals surface area contributed by atoms with Gasteiger partial charge in [-0.25, -0.2) is 29.9 Å². The van der Waals surface area contributed by atoms with Crippen LogP contribution in [0.15, 0.2) is 91.0 Å². The van der Waals surface area contributed by atoms with E-state index in [2.05, 4.69) is 37.7 Å². The van der Waals surface area contributed by atoms with Gasteiger partial charge in [0.25, 0.3) is 0 Å². The summed E-state index contributed by atoms with van der Waals surface area (Å²) in [5, 5.41) is 3.61. The maximum atomic E-state index is 6.78. The van der Waals surface area contributed by atoms with E-state index in [9.17, 15) is 0 Å². The molecule has 49 heavy (non-hydrogen) atoms. The van der Waals surface area contributed by atoms with Crippen LogP contribution in [0.5, 0.6) is 5.75 Å². The first kappa shape index (κ1) is 31.0. The molecule has 4 aromatic carbocycles. The Kier molecular flexibility index (Phi) is 7.58. The number of nitrogens with one attached hydrogen (secondary N) is 2. The van der Waals surface area contributed by atoms with E-state index in [1.807, 2.05) is 91.0 Å². The van der Waals surface area contributed by atoms with Gasteiger partial charge in [0.2, 0.25) is 0 Å². The first-order chi connectivity index (χ1) is 23.4. The van der Waals surface area contributed by atoms with Crippen LogP contribution in [0, 0.1) is 11.8 Å². The molecular formula is C39H32N8OPd. The monoisotopic (exact) mass is 734 g/mol. The predicted molar refractivity (Wildman–Crippen MR) is 190 cm³/mol. The van der Waals surface area contributed by atoms with Crippen molar-refractivity contribution in [1.29, 1.82) is 0 Å². The Labute approximate surface area is 296 Å². The average Bonchev–Trinajstić information content (AvgIpc) is 3.83. The van der Waals surface area contributed by atoms with E-state index in [0.29, 0.717) is 57.7 Å². The normalized spacial score (nSPS) is 12.1. The van der Waals surface area contributed by atoms with Crippen molar-refractivity contribution in [3.05, 3.63) is 91.0 Å². The Hall–Kier alpha value is -5.30. The summed E-state index contributed by atoms with van der Waals surface area (Å²) >= 11 is 0. The second-order valence-electron chi connectivity index (χ2n) is 13.0. The summed E-state index contributed by atoms with van der Waals surface area (Å²) in [5.41, 5.74) is 6.21. The number of nitrogens with zero attached hydrogens (tertiary/aromatic N) is 6. The fourth-order valence-corrected chi connectivity index (χ4v) is 6.95. The van der Waals surface area contributed by atoms with E-state index in [-0.39, 0.29) is 26.5 Å². The quantitative estimate of drug-likeness (QED) is 0.173. The summed E-state index contributed by atoms with van der Waals surface area (Å²) in [4.78, 5) is 37.5. The fourth-order valence-electron chi connectivity index (χ4n) is 6.95. The van der Waals surface area contributed by atoms with Crippen molar-refractivity contribution in [3.63, 3.8) is 0 Å². The van der Waals surface area contributed by atoms with Crippen LogP contribution >= 0.6 is 0 Å². The van der Waals surface area contributed by atoms with Gasteiger partial charge in [-0.2, -0.15) is 0 Å². The van der Waals surface area contributed by atoms with Crippen molar-refractivity contribution in [3.8, 4) is 51.3 Å². The molecule has 0 unspecified atom stereocenters. The first-order valence-electron chi connectivity index (χ1n) is 16.3. The number of rotatable bonds is 4. The molecular weight excluding hydrogens is 703 g/mol. The van der Waals surface area contributed by atoms with Crippen LogP contribution in [0.25, 0.3) is 89.7 Å². The van der Waals surface area contributed by atoms with Gasteiger partial charge >= 0.3 is 0 Å². The number of fused-ring (bicyclic) bond motifs is 20. The third-order valence-corrected chi connectivity index (χ3v) is 9.12. The average molecular weight is 735 g/mol. The fraction of sp³-hybridized carbons (Fsp3) is 0.179. The van der Waals surface area contributed by atoms with Crippen LogP contribution in [0.2, 0.25) is 0 Å². The second-order valence-corrected chi connectivity index (χ2v) is 13.0. The summed E-state index contributed by atoms with van der Waals surface area (Å²) in [6, 6.07) is 30.3. The van der Waals surface area contributed by atoms with Gasteiger partial charge in [-0.15, -0.1) is 0 Å². The molecule has 0 saturated carbocycles. The van der Waals surface area contributed by atoms with Crippen LogP contribution in [0.4, 0.5) is 0 Å². The van der Waals surface area contributed by atoms with Gasteiger partial charge in [0.15, 0.2) is 23.3 Å². The first-order valence-corrected chi connectivity index (χ1v) is 16.3. The molecule has 9 nitrogen and oxygen atoms in total. The van der Waals surface area contributed by atoms with E-state index in [4.69, 9.17) is 34.6 Å². The van der Waals surface area contributed by atoms with Crippen molar-refractivity contribution in [1.82, 2.24) is 39.9 Å². The molecule has 2 aliphatic heterocycles. The number of aromatic nitrogens is 8. The van der Waals surface area contributed by atoms with Crippen LogP contribution in [-0.2, 0) is 20.4 Å². The maximum Gasteiger partial charge on any atom is 0.164 e. The number of aromatic amines is 2. The molecule has 0 spiro atoms. The van der Waals surface area contributed by atoms with Crippen LogP contribution in [0.1, 0.15) is 27.7 Å². The van der Waals surface area contributed by atoms with Gasteiger partial charge in [0.1, 0.15) is 34.4 Å². The second kappa shape index (κ2) is 12.0.